The van der Waals surface area contributed by atoms with Crippen molar-refractivity contribution in [3.8, 4) is 0 Å². The van der Waals surface area contributed by atoms with Crippen LogP contribution in [0.25, 0.3) is 10.9 Å². The number of nitrogens with one attached hydrogen (secondary N) is 2. The number of nitrogens with two attached hydrogens (primary N) is 1. The number of carbonyl (C=O) groups is 1. The van der Waals surface area contributed by atoms with Gasteiger partial charge in [0, 0.05) is 42.2 Å². The van der Waals surface area contributed by atoms with Crippen LogP contribution in [0.5, 0.6) is 0 Å². The lowest BCUT2D eigenvalue weighted by atomic mass is 9.83. The maximum absolute atomic E-state index is 12.5. The summed E-state index contributed by atoms with van der Waals surface area (Å²) in [4.78, 5) is 15.8. The van der Waals surface area contributed by atoms with Gasteiger partial charge in [0.05, 0.1) is 6.10 Å². The Bertz CT molecular complexity index is 703. The van der Waals surface area contributed by atoms with Crippen molar-refractivity contribution < 1.29 is 9.53 Å². The monoisotopic (exact) mass is 379 g/mol. The molecule has 1 heterocycles. The van der Waals surface area contributed by atoms with Crippen LogP contribution in [-0.2, 0) is 16.0 Å². The molecule has 1 aromatic carbocycles. The molecule has 1 aromatic heterocycles. The number of hydrogen-bond acceptors (Lipinski definition) is 3. The molecule has 1 aliphatic carbocycles. The van der Waals surface area contributed by atoms with Crippen LogP contribution in [0.15, 0.2) is 30.5 Å². The molecule has 2 aromatic rings. The van der Waals surface area contributed by atoms with Gasteiger partial charge in [-0.1, -0.05) is 25.1 Å². The van der Waals surface area contributed by atoms with Crippen LogP contribution in [0, 0.1) is 5.92 Å². The molecule has 1 fully saturated rings. The second-order valence-corrected chi connectivity index (χ2v) is 6.98. The van der Waals surface area contributed by atoms with E-state index in [9.17, 15) is 4.79 Å². The van der Waals surface area contributed by atoms with Crippen LogP contribution >= 0.6 is 12.4 Å². The molecular formula is C20H30ClN3O2. The highest BCUT2D eigenvalue weighted by atomic mass is 35.5. The number of amides is 1. The SMILES string of the molecule is CCCO[C@@H]1C[C@@H](C(=O)NCCc2c[nH]c3ccccc23)CC[C@H]1N.Cl. The highest BCUT2D eigenvalue weighted by Crippen LogP contribution is 2.26. The molecular weight excluding hydrogens is 350 g/mol. The molecule has 4 N–H and O–H groups in total. The summed E-state index contributed by atoms with van der Waals surface area (Å²) in [6.45, 7) is 3.46. The van der Waals surface area contributed by atoms with E-state index in [1.54, 1.807) is 0 Å². The molecule has 3 atom stereocenters. The first kappa shape index (κ1) is 20.7. The van der Waals surface area contributed by atoms with Crippen molar-refractivity contribution >= 4 is 29.2 Å². The molecule has 0 unspecified atom stereocenters. The van der Waals surface area contributed by atoms with Crippen LogP contribution in [0.2, 0.25) is 0 Å². The van der Waals surface area contributed by atoms with Gasteiger partial charge >= 0.3 is 0 Å². The van der Waals surface area contributed by atoms with E-state index in [-0.39, 0.29) is 36.4 Å². The molecule has 144 valence electrons. The minimum absolute atomic E-state index is 0. The fourth-order valence-corrected chi connectivity index (χ4v) is 3.65. The van der Waals surface area contributed by atoms with Crippen LogP contribution in [0.3, 0.4) is 0 Å². The number of halogens is 1. The van der Waals surface area contributed by atoms with E-state index in [0.717, 1.165) is 37.6 Å². The number of rotatable bonds is 7. The van der Waals surface area contributed by atoms with Gasteiger partial charge in [-0.3, -0.25) is 4.79 Å². The molecule has 1 saturated carbocycles. The van der Waals surface area contributed by atoms with E-state index in [1.807, 2.05) is 18.3 Å². The van der Waals surface area contributed by atoms with Gasteiger partial charge in [0.15, 0.2) is 0 Å². The van der Waals surface area contributed by atoms with Crippen LogP contribution in [0.1, 0.15) is 38.2 Å². The van der Waals surface area contributed by atoms with Gasteiger partial charge in [-0.15, -0.1) is 12.4 Å². The molecule has 1 aliphatic rings. The maximum atomic E-state index is 12.5. The first-order valence-corrected chi connectivity index (χ1v) is 9.39. The summed E-state index contributed by atoms with van der Waals surface area (Å²) < 4.78 is 5.83. The number of aromatic nitrogens is 1. The number of para-hydroxylation sites is 1. The lowest BCUT2D eigenvalue weighted by Crippen LogP contribution is -2.46. The van der Waals surface area contributed by atoms with E-state index in [4.69, 9.17) is 10.5 Å². The molecule has 0 spiro atoms. The zero-order chi connectivity index (χ0) is 17.6. The first-order valence-electron chi connectivity index (χ1n) is 9.39. The first-order chi connectivity index (χ1) is 12.2. The average molecular weight is 380 g/mol. The Morgan fingerprint density at radius 1 is 1.35 bits per heavy atom. The summed E-state index contributed by atoms with van der Waals surface area (Å²) in [5.74, 6) is 0.154. The molecule has 6 heteroatoms. The summed E-state index contributed by atoms with van der Waals surface area (Å²) >= 11 is 0. The van der Waals surface area contributed by atoms with Gasteiger partial charge in [-0.2, -0.15) is 0 Å². The summed E-state index contributed by atoms with van der Waals surface area (Å²) in [6, 6.07) is 8.30. The van der Waals surface area contributed by atoms with Gasteiger partial charge in [-0.25, -0.2) is 0 Å². The number of carbonyl (C=O) groups excluding carboxylic acids is 1. The Morgan fingerprint density at radius 3 is 2.96 bits per heavy atom. The van der Waals surface area contributed by atoms with Gasteiger partial charge in [0.25, 0.3) is 0 Å². The number of hydrogen-bond donors (Lipinski definition) is 3. The third-order valence-electron chi connectivity index (χ3n) is 5.12. The van der Waals surface area contributed by atoms with Gasteiger partial charge < -0.3 is 20.8 Å². The van der Waals surface area contributed by atoms with Gasteiger partial charge in [0.2, 0.25) is 5.91 Å². The molecule has 1 amide bonds. The Morgan fingerprint density at radius 2 is 2.15 bits per heavy atom. The lowest BCUT2D eigenvalue weighted by Gasteiger charge is -2.33. The summed E-state index contributed by atoms with van der Waals surface area (Å²) in [5, 5.41) is 4.33. The molecule has 0 bridgehead atoms. The van der Waals surface area contributed by atoms with Crippen molar-refractivity contribution in [2.24, 2.45) is 11.7 Å². The largest absolute Gasteiger partial charge is 0.377 e. The third-order valence-corrected chi connectivity index (χ3v) is 5.12. The quantitative estimate of drug-likeness (QED) is 0.691. The van der Waals surface area contributed by atoms with Crippen molar-refractivity contribution in [3.05, 3.63) is 36.0 Å². The summed E-state index contributed by atoms with van der Waals surface area (Å²) in [7, 11) is 0. The van der Waals surface area contributed by atoms with Crippen molar-refractivity contribution in [2.45, 2.75) is 51.2 Å². The second kappa shape index (κ2) is 9.95. The van der Waals surface area contributed by atoms with Crippen molar-refractivity contribution in [2.75, 3.05) is 13.2 Å². The Balaban J connectivity index is 0.00000243. The smallest absolute Gasteiger partial charge is 0.223 e. The fourth-order valence-electron chi connectivity index (χ4n) is 3.65. The predicted molar refractivity (Wildman–Crippen MR) is 108 cm³/mol. The van der Waals surface area contributed by atoms with Crippen molar-refractivity contribution in [3.63, 3.8) is 0 Å². The fraction of sp³-hybridized carbons (Fsp3) is 0.550. The second-order valence-electron chi connectivity index (χ2n) is 6.98. The molecule has 3 rings (SSSR count). The van der Waals surface area contributed by atoms with Crippen LogP contribution in [-0.4, -0.2) is 36.2 Å². The van der Waals surface area contributed by atoms with E-state index >= 15 is 0 Å². The Kier molecular flexibility index (Phi) is 7.94. The number of aromatic amines is 1. The third kappa shape index (κ3) is 5.00. The van der Waals surface area contributed by atoms with Gasteiger partial charge in [0.1, 0.15) is 0 Å². The molecule has 5 nitrogen and oxygen atoms in total. The summed E-state index contributed by atoms with van der Waals surface area (Å²) in [6.07, 6.45) is 6.30. The molecule has 0 saturated heterocycles. The standard InChI is InChI=1S/C20H29N3O2.ClH/c1-2-11-25-19-12-14(7-8-17(19)21)20(24)22-10-9-15-13-23-18-6-4-3-5-16(15)18;/h3-6,13-14,17,19,23H,2,7-12,21H2,1H3,(H,22,24);1H/t14-,17+,19+;/m0./s1. The van der Waals surface area contributed by atoms with E-state index in [2.05, 4.69) is 29.4 Å². The minimum atomic E-state index is 0. The van der Waals surface area contributed by atoms with Crippen molar-refractivity contribution in [1.29, 1.82) is 0 Å². The van der Waals surface area contributed by atoms with E-state index in [1.165, 1.54) is 10.9 Å². The molecule has 26 heavy (non-hydrogen) atoms. The van der Waals surface area contributed by atoms with Crippen LogP contribution < -0.4 is 11.1 Å². The van der Waals surface area contributed by atoms with Crippen molar-refractivity contribution in [1.82, 2.24) is 10.3 Å². The molecule has 0 radical (unpaired) electrons. The highest BCUT2D eigenvalue weighted by Gasteiger charge is 2.32. The lowest BCUT2D eigenvalue weighted by molar-refractivity contribution is -0.128. The minimum Gasteiger partial charge on any atom is -0.377 e. The van der Waals surface area contributed by atoms with E-state index < -0.39 is 0 Å². The van der Waals surface area contributed by atoms with Crippen LogP contribution in [0.4, 0.5) is 0 Å². The van der Waals surface area contributed by atoms with Gasteiger partial charge in [-0.05, 0) is 43.7 Å². The summed E-state index contributed by atoms with van der Waals surface area (Å²) in [5.41, 5.74) is 8.52. The number of fused-ring (bicyclic) bond motifs is 1. The number of H-pyrrole nitrogens is 1. The number of ether oxygens (including phenoxy) is 1. The topological polar surface area (TPSA) is 80.1 Å². The zero-order valence-electron chi connectivity index (χ0n) is 15.4. The number of benzene rings is 1. The zero-order valence-corrected chi connectivity index (χ0v) is 16.2. The Hall–Kier alpha value is -1.56. The van der Waals surface area contributed by atoms with E-state index in [0.29, 0.717) is 13.2 Å². The normalized spacial score (nSPS) is 22.8. The average Bonchev–Trinajstić information content (AvgIpc) is 3.04. The highest BCUT2D eigenvalue weighted by molar-refractivity contribution is 5.85. The maximum Gasteiger partial charge on any atom is 0.223 e. The Labute approximate surface area is 161 Å². The predicted octanol–water partition coefficient (Wildman–Crippen LogP) is 3.17. The molecule has 0 aliphatic heterocycles.